The standard InChI is InChI=1S/C37H28N2/c38-25-26-8-7-13-32(22-26)34-21-17-28-16-20-33(23-35(28)24-34)27-14-18-30(19-15-27)36(29-9-3-1-4-10-29)37(39)31-11-5-2-6-12-31/h1-24,36-37H,39H2. The van der Waals surface area contributed by atoms with Crippen LogP contribution in [-0.2, 0) is 0 Å². The van der Waals surface area contributed by atoms with Crippen LogP contribution in [0.25, 0.3) is 33.0 Å². The lowest BCUT2D eigenvalue weighted by Crippen LogP contribution is -2.21. The number of rotatable bonds is 6. The van der Waals surface area contributed by atoms with Crippen LogP contribution in [0.4, 0.5) is 0 Å². The van der Waals surface area contributed by atoms with Gasteiger partial charge in [-0.25, -0.2) is 0 Å². The smallest absolute Gasteiger partial charge is 0.0991 e. The zero-order valence-electron chi connectivity index (χ0n) is 21.5. The van der Waals surface area contributed by atoms with Crippen molar-refractivity contribution in [2.45, 2.75) is 12.0 Å². The first-order valence-electron chi connectivity index (χ1n) is 13.2. The summed E-state index contributed by atoms with van der Waals surface area (Å²) in [5.74, 6) is 0.0472. The van der Waals surface area contributed by atoms with Gasteiger partial charge in [0.25, 0.3) is 0 Å². The molecule has 6 rings (SSSR count). The van der Waals surface area contributed by atoms with Crippen molar-refractivity contribution in [2.24, 2.45) is 5.73 Å². The first-order valence-corrected chi connectivity index (χ1v) is 13.2. The summed E-state index contributed by atoms with van der Waals surface area (Å²) in [6.45, 7) is 0. The highest BCUT2D eigenvalue weighted by molar-refractivity contribution is 5.91. The Balaban J connectivity index is 1.34. The molecule has 2 heteroatoms. The summed E-state index contributed by atoms with van der Waals surface area (Å²) in [4.78, 5) is 0. The summed E-state index contributed by atoms with van der Waals surface area (Å²) in [7, 11) is 0. The first kappa shape index (κ1) is 24.4. The average Bonchev–Trinajstić information content (AvgIpc) is 3.02. The summed E-state index contributed by atoms with van der Waals surface area (Å²) in [5.41, 5.74) is 15.6. The molecule has 0 fully saturated rings. The van der Waals surface area contributed by atoms with Crippen molar-refractivity contribution in [3.63, 3.8) is 0 Å². The topological polar surface area (TPSA) is 49.8 Å². The molecule has 2 N–H and O–H groups in total. The average molecular weight is 501 g/mol. The molecule has 0 amide bonds. The van der Waals surface area contributed by atoms with Gasteiger partial charge in [-0.2, -0.15) is 5.26 Å². The fourth-order valence-electron chi connectivity index (χ4n) is 5.39. The molecule has 0 spiro atoms. The molecule has 0 bridgehead atoms. The maximum Gasteiger partial charge on any atom is 0.0991 e. The number of nitriles is 1. The highest BCUT2D eigenvalue weighted by Crippen LogP contribution is 2.36. The second-order valence-corrected chi connectivity index (χ2v) is 9.92. The van der Waals surface area contributed by atoms with Crippen LogP contribution in [-0.4, -0.2) is 0 Å². The van der Waals surface area contributed by atoms with Crippen molar-refractivity contribution in [1.29, 1.82) is 5.26 Å². The predicted molar refractivity (Wildman–Crippen MR) is 161 cm³/mol. The molecule has 2 atom stereocenters. The molecule has 0 aliphatic rings. The number of hydrogen-bond donors (Lipinski definition) is 1. The fraction of sp³-hybridized carbons (Fsp3) is 0.0541. The third-order valence-corrected chi connectivity index (χ3v) is 7.47. The zero-order chi connectivity index (χ0) is 26.6. The lowest BCUT2D eigenvalue weighted by Gasteiger charge is -2.26. The van der Waals surface area contributed by atoms with Crippen molar-refractivity contribution in [3.05, 3.63) is 168 Å². The number of hydrogen-bond acceptors (Lipinski definition) is 2. The summed E-state index contributed by atoms with van der Waals surface area (Å²) in [6.07, 6.45) is 0. The van der Waals surface area contributed by atoms with E-state index in [9.17, 15) is 5.26 Å². The number of nitrogens with zero attached hydrogens (tertiary/aromatic N) is 1. The third kappa shape index (κ3) is 5.09. The zero-order valence-corrected chi connectivity index (χ0v) is 21.5. The van der Waals surface area contributed by atoms with Gasteiger partial charge in [0.2, 0.25) is 0 Å². The van der Waals surface area contributed by atoms with Crippen LogP contribution in [0.2, 0.25) is 0 Å². The minimum Gasteiger partial charge on any atom is -0.323 e. The highest BCUT2D eigenvalue weighted by Gasteiger charge is 2.23. The van der Waals surface area contributed by atoms with Crippen molar-refractivity contribution in [2.75, 3.05) is 0 Å². The highest BCUT2D eigenvalue weighted by atomic mass is 14.7. The van der Waals surface area contributed by atoms with Crippen LogP contribution in [0.5, 0.6) is 0 Å². The second kappa shape index (κ2) is 10.8. The molecule has 2 nitrogen and oxygen atoms in total. The van der Waals surface area contributed by atoms with Gasteiger partial charge in [0, 0.05) is 12.0 Å². The van der Waals surface area contributed by atoms with E-state index in [1.165, 1.54) is 27.5 Å². The number of benzene rings is 6. The monoisotopic (exact) mass is 500 g/mol. The van der Waals surface area contributed by atoms with Gasteiger partial charge in [-0.05, 0) is 74.0 Å². The van der Waals surface area contributed by atoms with Crippen molar-refractivity contribution < 1.29 is 0 Å². The number of fused-ring (bicyclic) bond motifs is 1. The van der Waals surface area contributed by atoms with Gasteiger partial charge < -0.3 is 5.73 Å². The van der Waals surface area contributed by atoms with E-state index in [1.54, 1.807) is 0 Å². The molecule has 6 aromatic rings. The Kier molecular flexibility index (Phi) is 6.75. The summed E-state index contributed by atoms with van der Waals surface area (Å²) >= 11 is 0. The van der Waals surface area contributed by atoms with E-state index < -0.39 is 0 Å². The largest absolute Gasteiger partial charge is 0.323 e. The minimum absolute atomic E-state index is 0.0472. The third-order valence-electron chi connectivity index (χ3n) is 7.47. The Labute approximate surface area is 229 Å². The van der Waals surface area contributed by atoms with Crippen molar-refractivity contribution >= 4 is 10.8 Å². The van der Waals surface area contributed by atoms with E-state index in [4.69, 9.17) is 5.73 Å². The van der Waals surface area contributed by atoms with E-state index in [0.29, 0.717) is 5.56 Å². The van der Waals surface area contributed by atoms with Crippen molar-refractivity contribution in [3.8, 4) is 28.3 Å². The lowest BCUT2D eigenvalue weighted by molar-refractivity contribution is 0.629. The fourth-order valence-corrected chi connectivity index (χ4v) is 5.39. The molecular weight excluding hydrogens is 472 g/mol. The Morgan fingerprint density at radius 2 is 1.00 bits per heavy atom. The quantitative estimate of drug-likeness (QED) is 0.248. The Morgan fingerprint density at radius 3 is 1.64 bits per heavy atom. The van der Waals surface area contributed by atoms with Crippen LogP contribution in [0.15, 0.2) is 146 Å². The van der Waals surface area contributed by atoms with Gasteiger partial charge in [0.05, 0.1) is 11.6 Å². The normalized spacial score (nSPS) is 12.5. The predicted octanol–water partition coefficient (Wildman–Crippen LogP) is 8.88. The first-order chi connectivity index (χ1) is 19.2. The second-order valence-electron chi connectivity index (χ2n) is 9.92. The Hall–Kier alpha value is -4.97. The molecule has 0 aromatic heterocycles. The van der Waals surface area contributed by atoms with Gasteiger partial charge in [-0.15, -0.1) is 0 Å². The minimum atomic E-state index is -0.155. The SMILES string of the molecule is N#Cc1cccc(-c2ccc3ccc(-c4ccc(C(c5ccccc5)C(N)c5ccccc5)cc4)cc3c2)c1. The molecule has 0 saturated carbocycles. The van der Waals surface area contributed by atoms with E-state index in [-0.39, 0.29) is 12.0 Å². The maximum absolute atomic E-state index is 9.29. The Morgan fingerprint density at radius 1 is 0.462 bits per heavy atom. The molecule has 0 heterocycles. The number of nitrogens with two attached hydrogens (primary N) is 1. The van der Waals surface area contributed by atoms with Gasteiger partial charge >= 0.3 is 0 Å². The van der Waals surface area contributed by atoms with Gasteiger partial charge in [0.1, 0.15) is 0 Å². The molecule has 0 aliphatic heterocycles. The molecule has 6 aromatic carbocycles. The van der Waals surface area contributed by atoms with Crippen LogP contribution in [0, 0.1) is 11.3 Å². The molecular formula is C37H28N2. The molecule has 39 heavy (non-hydrogen) atoms. The van der Waals surface area contributed by atoms with Crippen LogP contribution >= 0.6 is 0 Å². The van der Waals surface area contributed by atoms with Crippen LogP contribution in [0.1, 0.15) is 34.2 Å². The molecule has 0 radical (unpaired) electrons. The van der Waals surface area contributed by atoms with Crippen molar-refractivity contribution in [1.82, 2.24) is 0 Å². The van der Waals surface area contributed by atoms with Gasteiger partial charge in [0.15, 0.2) is 0 Å². The maximum atomic E-state index is 9.29. The van der Waals surface area contributed by atoms with E-state index in [2.05, 4.69) is 103 Å². The van der Waals surface area contributed by atoms with E-state index in [1.807, 2.05) is 48.5 Å². The van der Waals surface area contributed by atoms with Crippen LogP contribution in [0.3, 0.4) is 0 Å². The van der Waals surface area contributed by atoms with E-state index >= 15 is 0 Å². The molecule has 0 aliphatic carbocycles. The van der Waals surface area contributed by atoms with Gasteiger partial charge in [-0.1, -0.05) is 121 Å². The summed E-state index contributed by atoms with van der Waals surface area (Å²) < 4.78 is 0. The van der Waals surface area contributed by atoms with E-state index in [0.717, 1.165) is 22.3 Å². The molecule has 0 saturated heterocycles. The van der Waals surface area contributed by atoms with Crippen LogP contribution < -0.4 is 5.73 Å². The Bertz CT molecular complexity index is 1760. The lowest BCUT2D eigenvalue weighted by atomic mass is 9.82. The van der Waals surface area contributed by atoms with Gasteiger partial charge in [-0.3, -0.25) is 0 Å². The summed E-state index contributed by atoms with van der Waals surface area (Å²) in [6, 6.07) is 52.6. The summed E-state index contributed by atoms with van der Waals surface area (Å²) in [5, 5.41) is 11.7. The molecule has 186 valence electrons. The molecule has 2 unspecified atom stereocenters.